The van der Waals surface area contributed by atoms with Crippen LogP contribution < -0.4 is 67.1 Å². The summed E-state index contributed by atoms with van der Waals surface area (Å²) < 4.78 is 14.7. The van der Waals surface area contributed by atoms with Crippen molar-refractivity contribution < 1.29 is 9.47 Å². The van der Waals surface area contributed by atoms with Gasteiger partial charge in [-0.15, -0.1) is 0 Å². The van der Waals surface area contributed by atoms with Gasteiger partial charge >= 0.3 is 0 Å². The van der Waals surface area contributed by atoms with Crippen LogP contribution in [0.1, 0.15) is 29.5 Å². The Morgan fingerprint density at radius 1 is 0.500 bits per heavy atom. The zero-order valence-electron chi connectivity index (χ0n) is 42.7. The number of aryl methyl sites for hydroxylation is 3. The SMILES string of the molecule is Cc1ccccc1[Si](c1ccccc1)(c1ccccc1CCCc1cc(N2c3ccccc3[Si](c3ccccc3)(c3ccccc3)c3ccccc32)c2c3c1Oc1ccccc1B3c1ccccc1O2)C1C=CC=CC1. The molecule has 3 nitrogen and oxygen atoms in total. The first-order chi connectivity index (χ1) is 37.7. The van der Waals surface area contributed by atoms with Gasteiger partial charge in [0.1, 0.15) is 23.0 Å². The molecule has 2 unspecified atom stereocenters. The molecule has 4 aliphatic rings. The number of allylic oxidation sites excluding steroid dienone is 4. The van der Waals surface area contributed by atoms with Gasteiger partial charge in [0.2, 0.25) is 0 Å². The summed E-state index contributed by atoms with van der Waals surface area (Å²) in [5.41, 5.74) is 11.1. The van der Waals surface area contributed by atoms with E-state index in [4.69, 9.17) is 9.47 Å². The van der Waals surface area contributed by atoms with Crippen LogP contribution in [0.5, 0.6) is 23.0 Å². The molecule has 2 atom stereocenters. The van der Waals surface area contributed by atoms with E-state index < -0.39 is 16.1 Å². The molecule has 10 aromatic rings. The summed E-state index contributed by atoms with van der Waals surface area (Å²) in [6.45, 7) is 2.24. The minimum absolute atomic E-state index is 0.0825. The summed E-state index contributed by atoms with van der Waals surface area (Å²) in [4.78, 5) is 2.54. The Labute approximate surface area is 449 Å². The maximum Gasteiger partial charge on any atom is 0.260 e. The van der Waals surface area contributed by atoms with Gasteiger partial charge in [0.05, 0.1) is 5.69 Å². The van der Waals surface area contributed by atoms with E-state index >= 15 is 0 Å². The molecule has 14 rings (SSSR count). The molecule has 364 valence electrons. The van der Waals surface area contributed by atoms with Crippen molar-refractivity contribution in [3.8, 4) is 23.0 Å². The van der Waals surface area contributed by atoms with E-state index in [1.807, 2.05) is 0 Å². The predicted octanol–water partition coefficient (Wildman–Crippen LogP) is 10.4. The maximum atomic E-state index is 7.39. The van der Waals surface area contributed by atoms with Gasteiger partial charge in [-0.1, -0.05) is 242 Å². The molecule has 0 saturated heterocycles. The van der Waals surface area contributed by atoms with Crippen LogP contribution in [0, 0.1) is 6.92 Å². The van der Waals surface area contributed by atoms with E-state index in [0.29, 0.717) is 5.54 Å². The smallest absolute Gasteiger partial charge is 0.260 e. The second-order valence-corrected chi connectivity index (χ2v) is 28.6. The van der Waals surface area contributed by atoms with Crippen LogP contribution in [0.2, 0.25) is 5.54 Å². The highest BCUT2D eigenvalue weighted by Crippen LogP contribution is 2.48. The van der Waals surface area contributed by atoms with Gasteiger partial charge in [-0.05, 0) is 127 Å². The van der Waals surface area contributed by atoms with E-state index in [1.54, 1.807) is 0 Å². The molecular weight excluding hydrogens is 954 g/mol. The average molecular weight is 1010 g/mol. The number of para-hydroxylation sites is 4. The molecule has 0 N–H and O–H groups in total. The number of nitrogens with zero attached hydrogens (tertiary/aromatic N) is 1. The van der Waals surface area contributed by atoms with Gasteiger partial charge in [0.15, 0.2) is 16.1 Å². The summed E-state index contributed by atoms with van der Waals surface area (Å²) in [5.74, 6) is 3.57. The van der Waals surface area contributed by atoms with Crippen LogP contribution >= 0.6 is 0 Å². The van der Waals surface area contributed by atoms with Crippen molar-refractivity contribution in [3.63, 3.8) is 0 Å². The monoisotopic (exact) mass is 1010 g/mol. The van der Waals surface area contributed by atoms with Crippen molar-refractivity contribution in [2.75, 3.05) is 4.90 Å². The third kappa shape index (κ3) is 7.15. The normalized spacial score (nSPS) is 15.9. The van der Waals surface area contributed by atoms with Gasteiger partial charge in [0, 0.05) is 16.8 Å². The molecule has 0 saturated carbocycles. The number of fused-ring (bicyclic) bond motifs is 6. The Kier molecular flexibility index (Phi) is 11.6. The van der Waals surface area contributed by atoms with Crippen molar-refractivity contribution in [1.29, 1.82) is 0 Å². The highest BCUT2D eigenvalue weighted by Gasteiger charge is 2.51. The van der Waals surface area contributed by atoms with Gasteiger partial charge in [-0.2, -0.15) is 0 Å². The fourth-order valence-electron chi connectivity index (χ4n) is 13.8. The molecule has 0 amide bonds. The summed E-state index contributed by atoms with van der Waals surface area (Å²) in [6.07, 6.45) is 13.1. The summed E-state index contributed by atoms with van der Waals surface area (Å²) in [6, 6.07) is 90.8. The Morgan fingerprint density at radius 3 is 1.66 bits per heavy atom. The third-order valence-electron chi connectivity index (χ3n) is 16.9. The third-order valence-corrected chi connectivity index (χ3v) is 27.3. The maximum absolute atomic E-state index is 7.39. The van der Waals surface area contributed by atoms with E-state index in [-0.39, 0.29) is 6.71 Å². The van der Waals surface area contributed by atoms with Crippen LogP contribution in [-0.4, -0.2) is 22.9 Å². The fraction of sp³-hybridized carbons (Fsp3) is 0.0857. The quantitative estimate of drug-likeness (QED) is 0.0952. The summed E-state index contributed by atoms with van der Waals surface area (Å²) in [5, 5.41) is 9.89. The van der Waals surface area contributed by atoms with Crippen LogP contribution in [0.4, 0.5) is 17.1 Å². The van der Waals surface area contributed by atoms with E-state index in [0.717, 1.165) is 70.8 Å². The van der Waals surface area contributed by atoms with E-state index in [2.05, 4.69) is 279 Å². The lowest BCUT2D eigenvalue weighted by molar-refractivity contribution is 0.460. The zero-order valence-corrected chi connectivity index (χ0v) is 44.7. The lowest BCUT2D eigenvalue weighted by Gasteiger charge is -2.46. The van der Waals surface area contributed by atoms with Crippen molar-refractivity contribution in [1.82, 2.24) is 0 Å². The number of ether oxygens (including phenoxy) is 2. The van der Waals surface area contributed by atoms with Gasteiger partial charge in [-0.25, -0.2) is 0 Å². The molecule has 3 heterocycles. The summed E-state index contributed by atoms with van der Waals surface area (Å²) in [7, 11) is -5.58. The number of rotatable bonds is 11. The standard InChI is InChI=1S/C70H56BNO2Si2/c1-50-27-14-22-45-64(50)75(53-31-6-2-7-32-53,54-33-8-3-9-34-54)65-46-23-15-28-51(65)29-26-30-52-49-61(70-68-69(52)73-62-43-20-16-39-57(62)71(68)58-40-17-21-44-63(58)74-70)72-59-41-18-24-47-66(59)76(55-35-10-4-11-36-55,56-37-12-5-13-38-56)67-48-25-19-42-60(67)72/h2-25,27-28,31-33,35-49,54H,26,29-30,34H2,1H3. The lowest BCUT2D eigenvalue weighted by Crippen LogP contribution is -2.77. The minimum Gasteiger partial charge on any atom is -0.458 e. The largest absolute Gasteiger partial charge is 0.458 e. The molecular formula is C70H56BNO2Si2. The molecule has 76 heavy (non-hydrogen) atoms. The van der Waals surface area contributed by atoms with Crippen LogP contribution in [0.15, 0.2) is 267 Å². The lowest BCUT2D eigenvalue weighted by atomic mass is 9.34. The Morgan fingerprint density at radius 2 is 1.03 bits per heavy atom. The highest BCUT2D eigenvalue weighted by molar-refractivity contribution is 7.21. The predicted molar refractivity (Wildman–Crippen MR) is 323 cm³/mol. The summed E-state index contributed by atoms with van der Waals surface area (Å²) >= 11 is 0. The number of hydrogen-bond acceptors (Lipinski definition) is 3. The molecule has 10 aromatic carbocycles. The molecule has 0 fully saturated rings. The van der Waals surface area contributed by atoms with Crippen molar-refractivity contribution in [2.45, 2.75) is 38.1 Å². The highest BCUT2D eigenvalue weighted by atomic mass is 28.3. The Balaban J connectivity index is 0.962. The van der Waals surface area contributed by atoms with Crippen molar-refractivity contribution >= 4 is 92.6 Å². The number of hydrogen-bond donors (Lipinski definition) is 0. The second-order valence-electron chi connectivity index (χ2n) is 20.8. The van der Waals surface area contributed by atoms with Crippen LogP contribution in [0.3, 0.4) is 0 Å². The van der Waals surface area contributed by atoms with Crippen LogP contribution in [-0.2, 0) is 12.8 Å². The van der Waals surface area contributed by atoms with Gasteiger partial charge in [-0.3, -0.25) is 0 Å². The fourth-order valence-corrected chi connectivity index (χ4v) is 24.8. The van der Waals surface area contributed by atoms with Crippen molar-refractivity contribution in [2.24, 2.45) is 0 Å². The van der Waals surface area contributed by atoms with Crippen LogP contribution in [0.25, 0.3) is 0 Å². The first-order valence-electron chi connectivity index (χ1n) is 27.0. The minimum atomic E-state index is -2.88. The molecule has 0 bridgehead atoms. The van der Waals surface area contributed by atoms with E-state index in [1.165, 1.54) is 64.4 Å². The molecule has 0 spiro atoms. The first-order valence-corrected chi connectivity index (χ1v) is 31.1. The average Bonchev–Trinajstić information content (AvgIpc) is 3.66. The van der Waals surface area contributed by atoms with E-state index in [9.17, 15) is 0 Å². The Bertz CT molecular complexity index is 3800. The van der Waals surface area contributed by atoms with Gasteiger partial charge in [0.25, 0.3) is 6.71 Å². The molecule has 0 radical (unpaired) electrons. The Hall–Kier alpha value is -8.42. The first kappa shape index (κ1) is 46.1. The zero-order chi connectivity index (χ0) is 50.6. The molecule has 1 aliphatic carbocycles. The van der Waals surface area contributed by atoms with Gasteiger partial charge < -0.3 is 14.4 Å². The number of benzene rings is 10. The molecule has 3 aliphatic heterocycles. The molecule has 6 heteroatoms. The topological polar surface area (TPSA) is 21.7 Å². The van der Waals surface area contributed by atoms with Crippen molar-refractivity contribution in [3.05, 3.63) is 284 Å². The number of anilines is 3. The second kappa shape index (κ2) is 19.1. The molecule has 0 aromatic heterocycles.